The molecule has 0 amide bonds. The molecule has 0 unspecified atom stereocenters. The number of alkyl halides is 1. The second-order valence-electron chi connectivity index (χ2n) is 4.57. The van der Waals surface area contributed by atoms with Gasteiger partial charge in [0, 0.05) is 24.5 Å². The standard InChI is InChI=1S/C15H19ClN2/c1-3-4-9-18(2)15-13(11-16)10-12-7-5-6-8-14(12)17-15/h5-8,10H,3-4,9,11H2,1-2H3. The molecule has 2 nitrogen and oxygen atoms in total. The van der Waals surface area contributed by atoms with Crippen LogP contribution in [0.25, 0.3) is 10.9 Å². The van der Waals surface area contributed by atoms with Crippen LogP contribution in [-0.2, 0) is 5.88 Å². The number of para-hydroxylation sites is 1. The van der Waals surface area contributed by atoms with Crippen LogP contribution < -0.4 is 4.90 Å². The van der Waals surface area contributed by atoms with Gasteiger partial charge in [-0.3, -0.25) is 0 Å². The third-order valence-electron chi connectivity index (χ3n) is 3.13. The van der Waals surface area contributed by atoms with Crippen LogP contribution in [0.2, 0.25) is 0 Å². The van der Waals surface area contributed by atoms with Crippen molar-refractivity contribution >= 4 is 28.3 Å². The minimum absolute atomic E-state index is 0.504. The maximum atomic E-state index is 6.04. The van der Waals surface area contributed by atoms with Crippen LogP contribution in [-0.4, -0.2) is 18.6 Å². The molecule has 1 heterocycles. The van der Waals surface area contributed by atoms with E-state index in [2.05, 4.69) is 31.0 Å². The van der Waals surface area contributed by atoms with Crippen LogP contribution in [0, 0.1) is 0 Å². The molecule has 1 aromatic heterocycles. The Labute approximate surface area is 114 Å². The van der Waals surface area contributed by atoms with Gasteiger partial charge in [-0.05, 0) is 18.6 Å². The summed E-state index contributed by atoms with van der Waals surface area (Å²) in [6, 6.07) is 10.3. The van der Waals surface area contributed by atoms with Gasteiger partial charge in [0.2, 0.25) is 0 Å². The summed E-state index contributed by atoms with van der Waals surface area (Å²) in [5, 5.41) is 1.15. The maximum Gasteiger partial charge on any atom is 0.133 e. The summed E-state index contributed by atoms with van der Waals surface area (Å²) in [4.78, 5) is 6.94. The number of hydrogen-bond donors (Lipinski definition) is 0. The van der Waals surface area contributed by atoms with Crippen LogP contribution in [0.4, 0.5) is 5.82 Å². The van der Waals surface area contributed by atoms with Crippen molar-refractivity contribution in [2.24, 2.45) is 0 Å². The molecule has 0 saturated heterocycles. The quantitative estimate of drug-likeness (QED) is 0.751. The van der Waals surface area contributed by atoms with E-state index in [1.54, 1.807) is 0 Å². The number of anilines is 1. The Morgan fingerprint density at radius 3 is 2.78 bits per heavy atom. The van der Waals surface area contributed by atoms with E-state index >= 15 is 0 Å². The van der Waals surface area contributed by atoms with Gasteiger partial charge in [-0.15, -0.1) is 11.6 Å². The van der Waals surface area contributed by atoms with E-state index in [-0.39, 0.29) is 0 Å². The van der Waals surface area contributed by atoms with Crippen LogP contribution in [0.1, 0.15) is 25.3 Å². The zero-order chi connectivity index (χ0) is 13.0. The number of hydrogen-bond acceptors (Lipinski definition) is 2. The minimum atomic E-state index is 0.504. The summed E-state index contributed by atoms with van der Waals surface area (Å²) in [7, 11) is 2.09. The molecule has 0 N–H and O–H groups in total. The number of fused-ring (bicyclic) bond motifs is 1. The van der Waals surface area contributed by atoms with Crippen molar-refractivity contribution < 1.29 is 0 Å². The van der Waals surface area contributed by atoms with Gasteiger partial charge in [-0.25, -0.2) is 4.98 Å². The SMILES string of the molecule is CCCCN(C)c1nc2ccccc2cc1CCl. The second kappa shape index (κ2) is 6.05. The van der Waals surface area contributed by atoms with Crippen LogP contribution in [0.15, 0.2) is 30.3 Å². The first-order chi connectivity index (χ1) is 8.76. The smallest absolute Gasteiger partial charge is 0.133 e. The predicted molar refractivity (Wildman–Crippen MR) is 79.5 cm³/mol. The molecule has 2 rings (SSSR count). The Bertz CT molecular complexity index is 525. The molecule has 1 aromatic carbocycles. The molecule has 0 radical (unpaired) electrons. The fourth-order valence-electron chi connectivity index (χ4n) is 2.08. The highest BCUT2D eigenvalue weighted by atomic mass is 35.5. The molecule has 18 heavy (non-hydrogen) atoms. The number of halogens is 1. The molecule has 0 bridgehead atoms. The largest absolute Gasteiger partial charge is 0.359 e. The topological polar surface area (TPSA) is 16.1 Å². The van der Waals surface area contributed by atoms with Gasteiger partial charge in [0.25, 0.3) is 0 Å². The Kier molecular flexibility index (Phi) is 4.43. The molecule has 0 aliphatic carbocycles. The van der Waals surface area contributed by atoms with Crippen molar-refractivity contribution in [2.45, 2.75) is 25.6 Å². The van der Waals surface area contributed by atoms with Gasteiger partial charge in [0.05, 0.1) is 11.4 Å². The maximum absolute atomic E-state index is 6.04. The summed E-state index contributed by atoms with van der Waals surface area (Å²) in [5.41, 5.74) is 2.14. The van der Waals surface area contributed by atoms with E-state index in [1.165, 1.54) is 12.8 Å². The Morgan fingerprint density at radius 2 is 2.06 bits per heavy atom. The number of nitrogens with zero attached hydrogens (tertiary/aromatic N) is 2. The Balaban J connectivity index is 2.41. The van der Waals surface area contributed by atoms with E-state index in [1.807, 2.05) is 18.2 Å². The van der Waals surface area contributed by atoms with Crippen molar-refractivity contribution in [1.29, 1.82) is 0 Å². The monoisotopic (exact) mass is 262 g/mol. The van der Waals surface area contributed by atoms with Gasteiger partial charge in [0.1, 0.15) is 5.82 Å². The molecule has 0 aliphatic rings. The lowest BCUT2D eigenvalue weighted by atomic mass is 10.1. The van der Waals surface area contributed by atoms with E-state index in [9.17, 15) is 0 Å². The predicted octanol–water partition coefficient (Wildman–Crippen LogP) is 4.21. The van der Waals surface area contributed by atoms with E-state index < -0.39 is 0 Å². The summed E-state index contributed by atoms with van der Waals surface area (Å²) in [6.07, 6.45) is 2.36. The zero-order valence-electron chi connectivity index (χ0n) is 11.0. The van der Waals surface area contributed by atoms with Gasteiger partial charge in [-0.2, -0.15) is 0 Å². The Hall–Kier alpha value is -1.28. The van der Waals surface area contributed by atoms with Crippen LogP contribution in [0.3, 0.4) is 0 Å². The van der Waals surface area contributed by atoms with Crippen molar-refractivity contribution in [2.75, 3.05) is 18.5 Å². The van der Waals surface area contributed by atoms with Gasteiger partial charge >= 0.3 is 0 Å². The molecule has 96 valence electrons. The molecular weight excluding hydrogens is 244 g/mol. The van der Waals surface area contributed by atoms with Gasteiger partial charge in [-0.1, -0.05) is 31.5 Å². The summed E-state index contributed by atoms with van der Waals surface area (Å²) >= 11 is 6.04. The van der Waals surface area contributed by atoms with Crippen molar-refractivity contribution in [3.8, 4) is 0 Å². The molecule has 2 aromatic rings. The lowest BCUT2D eigenvalue weighted by molar-refractivity contribution is 0.758. The number of aromatic nitrogens is 1. The van der Waals surface area contributed by atoms with Crippen molar-refractivity contribution in [3.05, 3.63) is 35.9 Å². The summed E-state index contributed by atoms with van der Waals surface area (Å²) < 4.78 is 0. The van der Waals surface area contributed by atoms with Crippen molar-refractivity contribution in [3.63, 3.8) is 0 Å². The average Bonchev–Trinajstić information content (AvgIpc) is 2.43. The first-order valence-corrected chi connectivity index (χ1v) is 6.95. The average molecular weight is 263 g/mol. The third-order valence-corrected chi connectivity index (χ3v) is 3.42. The first-order valence-electron chi connectivity index (χ1n) is 6.42. The number of pyridine rings is 1. The molecule has 0 spiro atoms. The molecule has 0 atom stereocenters. The second-order valence-corrected chi connectivity index (χ2v) is 4.84. The fourth-order valence-corrected chi connectivity index (χ4v) is 2.28. The van der Waals surface area contributed by atoms with Crippen LogP contribution >= 0.6 is 11.6 Å². The minimum Gasteiger partial charge on any atom is -0.359 e. The molecule has 0 fully saturated rings. The lowest BCUT2D eigenvalue weighted by Crippen LogP contribution is -2.21. The van der Waals surface area contributed by atoms with E-state index in [0.717, 1.165) is 28.8 Å². The summed E-state index contributed by atoms with van der Waals surface area (Å²) in [5.74, 6) is 1.51. The number of unbranched alkanes of at least 4 members (excludes halogenated alkanes) is 1. The Morgan fingerprint density at radius 1 is 1.28 bits per heavy atom. The van der Waals surface area contributed by atoms with E-state index in [4.69, 9.17) is 16.6 Å². The van der Waals surface area contributed by atoms with E-state index in [0.29, 0.717) is 5.88 Å². The first kappa shape index (κ1) is 13.2. The van der Waals surface area contributed by atoms with Crippen LogP contribution in [0.5, 0.6) is 0 Å². The number of rotatable bonds is 5. The van der Waals surface area contributed by atoms with Crippen molar-refractivity contribution in [1.82, 2.24) is 4.98 Å². The third kappa shape index (κ3) is 2.75. The highest BCUT2D eigenvalue weighted by Gasteiger charge is 2.10. The lowest BCUT2D eigenvalue weighted by Gasteiger charge is -2.21. The fraction of sp³-hybridized carbons (Fsp3) is 0.400. The normalized spacial score (nSPS) is 10.8. The van der Waals surface area contributed by atoms with Gasteiger partial charge < -0.3 is 4.90 Å². The number of benzene rings is 1. The highest BCUT2D eigenvalue weighted by molar-refractivity contribution is 6.17. The summed E-state index contributed by atoms with van der Waals surface area (Å²) in [6.45, 7) is 3.22. The zero-order valence-corrected chi connectivity index (χ0v) is 11.7. The van der Waals surface area contributed by atoms with Gasteiger partial charge in [0.15, 0.2) is 0 Å². The molecular formula is C15H19ClN2. The molecule has 3 heteroatoms. The highest BCUT2D eigenvalue weighted by Crippen LogP contribution is 2.24. The molecule has 0 saturated carbocycles. The molecule has 0 aliphatic heterocycles.